The smallest absolute Gasteiger partial charge is 0.212 e. The van der Waals surface area contributed by atoms with Crippen molar-refractivity contribution in [3.8, 4) is 0 Å². The number of halogens is 4. The Kier molecular flexibility index (Phi) is 7.93. The lowest BCUT2D eigenvalue weighted by molar-refractivity contribution is -0.0961. The number of hydrogen-bond donors (Lipinski definition) is 0. The van der Waals surface area contributed by atoms with E-state index in [2.05, 4.69) is 31.9 Å². The summed E-state index contributed by atoms with van der Waals surface area (Å²) in [4.78, 5) is 0. The topological polar surface area (TPSA) is 29.1 Å². The molecular formula is C6H5Br2Cl2O2. The molecule has 0 aromatic carbocycles. The molecule has 0 saturated carbocycles. The molecule has 0 aromatic rings. The average molecular weight is 340 g/mol. The molecule has 1 radical (unpaired) electrons. The van der Waals surface area contributed by atoms with Crippen LogP contribution in [0.5, 0.6) is 0 Å². The fourth-order valence-corrected chi connectivity index (χ4v) is 0.915. The number of rotatable bonds is 4. The molecule has 69 valence electrons. The quantitative estimate of drug-likeness (QED) is 0.718. The molecule has 0 rings (SSSR count). The van der Waals surface area contributed by atoms with E-state index in [0.717, 1.165) is 0 Å². The van der Waals surface area contributed by atoms with Gasteiger partial charge in [-0.05, 0) is 44.0 Å². The van der Waals surface area contributed by atoms with Gasteiger partial charge < -0.3 is 4.74 Å². The Balaban J connectivity index is 3.65. The zero-order chi connectivity index (χ0) is 9.56. The monoisotopic (exact) mass is 337 g/mol. The van der Waals surface area contributed by atoms with E-state index < -0.39 is 6.29 Å². The third kappa shape index (κ3) is 9.03. The zero-order valence-corrected chi connectivity index (χ0v) is 10.5. The summed E-state index contributed by atoms with van der Waals surface area (Å²) in [6.45, 7) is 0.0975. The molecule has 0 bridgehead atoms. The lowest BCUT2D eigenvalue weighted by Gasteiger charge is -2.01. The van der Waals surface area contributed by atoms with Crippen LogP contribution in [0.25, 0.3) is 0 Å². The third-order valence-corrected chi connectivity index (χ3v) is 1.60. The number of ether oxygens (including phenoxy) is 1. The van der Waals surface area contributed by atoms with Gasteiger partial charge in [-0.1, -0.05) is 23.2 Å². The van der Waals surface area contributed by atoms with Gasteiger partial charge in [0.05, 0.1) is 10.00 Å². The first-order valence-electron chi connectivity index (χ1n) is 2.83. The summed E-state index contributed by atoms with van der Waals surface area (Å²) in [5.74, 6) is 0. The van der Waals surface area contributed by atoms with Crippen molar-refractivity contribution in [1.82, 2.24) is 0 Å². The Hall–Kier alpha value is 0.940. The van der Waals surface area contributed by atoms with Crippen LogP contribution in [0.2, 0.25) is 0 Å². The SMILES string of the molecule is [O]C(C=C(Br)Br)OCC=C(Cl)Cl. The van der Waals surface area contributed by atoms with Gasteiger partial charge in [0.2, 0.25) is 6.29 Å². The zero-order valence-electron chi connectivity index (χ0n) is 5.77. The normalized spacial score (nSPS) is 12.1. The van der Waals surface area contributed by atoms with Gasteiger partial charge in [-0.2, -0.15) is 5.11 Å². The summed E-state index contributed by atoms with van der Waals surface area (Å²) in [6, 6.07) is 0. The van der Waals surface area contributed by atoms with Crippen molar-refractivity contribution in [2.45, 2.75) is 6.29 Å². The molecule has 2 nitrogen and oxygen atoms in total. The van der Waals surface area contributed by atoms with E-state index in [9.17, 15) is 5.11 Å². The second kappa shape index (κ2) is 7.35. The van der Waals surface area contributed by atoms with Gasteiger partial charge in [0.1, 0.15) is 4.49 Å². The van der Waals surface area contributed by atoms with Crippen molar-refractivity contribution in [3.63, 3.8) is 0 Å². The second-order valence-corrected chi connectivity index (χ2v) is 5.43. The molecule has 1 unspecified atom stereocenters. The van der Waals surface area contributed by atoms with E-state index in [1.165, 1.54) is 12.2 Å². The van der Waals surface area contributed by atoms with Gasteiger partial charge in [0.25, 0.3) is 0 Å². The summed E-state index contributed by atoms with van der Waals surface area (Å²) in [5, 5.41) is 10.8. The second-order valence-electron chi connectivity index (χ2n) is 1.65. The van der Waals surface area contributed by atoms with Crippen LogP contribution in [-0.4, -0.2) is 12.9 Å². The summed E-state index contributed by atoms with van der Waals surface area (Å²) < 4.78 is 5.37. The predicted molar refractivity (Wildman–Crippen MR) is 56.2 cm³/mol. The van der Waals surface area contributed by atoms with Gasteiger partial charge >= 0.3 is 0 Å². The summed E-state index contributed by atoms with van der Waals surface area (Å²) in [7, 11) is 0. The molecular weight excluding hydrogens is 335 g/mol. The molecule has 0 saturated heterocycles. The molecule has 0 amide bonds. The Labute approximate surface area is 97.4 Å². The molecule has 0 spiro atoms. The van der Waals surface area contributed by atoms with Crippen molar-refractivity contribution in [3.05, 3.63) is 20.0 Å². The van der Waals surface area contributed by atoms with Crippen molar-refractivity contribution in [2.24, 2.45) is 0 Å². The van der Waals surface area contributed by atoms with Gasteiger partial charge in [-0.3, -0.25) is 0 Å². The van der Waals surface area contributed by atoms with E-state index in [1.54, 1.807) is 0 Å². The van der Waals surface area contributed by atoms with E-state index in [-0.39, 0.29) is 11.1 Å². The van der Waals surface area contributed by atoms with Crippen LogP contribution < -0.4 is 0 Å². The Morgan fingerprint density at radius 1 is 1.50 bits per heavy atom. The fourth-order valence-electron chi connectivity index (χ4n) is 0.357. The van der Waals surface area contributed by atoms with Crippen molar-refractivity contribution in [1.29, 1.82) is 0 Å². The average Bonchev–Trinajstić information content (AvgIpc) is 1.84. The molecule has 12 heavy (non-hydrogen) atoms. The van der Waals surface area contributed by atoms with E-state index in [0.29, 0.717) is 3.39 Å². The first-order chi connectivity index (χ1) is 5.52. The minimum atomic E-state index is -1.23. The lowest BCUT2D eigenvalue weighted by Crippen LogP contribution is -2.06. The van der Waals surface area contributed by atoms with Crippen LogP contribution in [0.15, 0.2) is 20.0 Å². The highest BCUT2D eigenvalue weighted by molar-refractivity contribution is 9.28. The van der Waals surface area contributed by atoms with Crippen molar-refractivity contribution in [2.75, 3.05) is 6.61 Å². The van der Waals surface area contributed by atoms with Crippen LogP contribution in [-0.2, 0) is 9.84 Å². The highest BCUT2D eigenvalue weighted by Gasteiger charge is 2.00. The van der Waals surface area contributed by atoms with E-state index in [1.807, 2.05) is 0 Å². The van der Waals surface area contributed by atoms with Crippen LogP contribution in [0.4, 0.5) is 0 Å². The minimum absolute atomic E-state index is 0.0871. The molecule has 6 heteroatoms. The van der Waals surface area contributed by atoms with Gasteiger partial charge in [0, 0.05) is 0 Å². The van der Waals surface area contributed by atoms with E-state index >= 15 is 0 Å². The van der Waals surface area contributed by atoms with E-state index in [4.69, 9.17) is 27.9 Å². The highest BCUT2D eigenvalue weighted by atomic mass is 79.9. The standard InChI is InChI=1S/C6H5Br2Cl2O2/c7-4(8)3-6(11)12-2-1-5(9)10/h1,3,6H,2H2. The molecule has 0 N–H and O–H groups in total. The summed E-state index contributed by atoms with van der Waals surface area (Å²) >= 11 is 16.6. The first-order valence-corrected chi connectivity index (χ1v) is 5.18. The number of hydrogen-bond acceptors (Lipinski definition) is 1. The molecule has 0 fully saturated rings. The molecule has 0 heterocycles. The highest BCUT2D eigenvalue weighted by Crippen LogP contribution is 2.14. The molecule has 0 aromatic heterocycles. The van der Waals surface area contributed by atoms with Crippen LogP contribution >= 0.6 is 55.1 Å². The first kappa shape index (κ1) is 12.9. The Bertz CT molecular complexity index is 186. The van der Waals surface area contributed by atoms with Crippen LogP contribution in [0.1, 0.15) is 0 Å². The van der Waals surface area contributed by atoms with Crippen LogP contribution in [0.3, 0.4) is 0 Å². The lowest BCUT2D eigenvalue weighted by atomic mass is 10.6. The Morgan fingerprint density at radius 3 is 2.50 bits per heavy atom. The largest absolute Gasteiger partial charge is 0.342 e. The summed E-state index contributed by atoms with van der Waals surface area (Å²) in [5.41, 5.74) is 0. The minimum Gasteiger partial charge on any atom is -0.342 e. The van der Waals surface area contributed by atoms with Gasteiger partial charge in [-0.25, -0.2) is 0 Å². The van der Waals surface area contributed by atoms with Crippen molar-refractivity contribution < 1.29 is 9.84 Å². The van der Waals surface area contributed by atoms with Gasteiger partial charge in [-0.15, -0.1) is 0 Å². The molecule has 0 aliphatic heterocycles. The van der Waals surface area contributed by atoms with Crippen molar-refractivity contribution >= 4 is 55.1 Å². The molecule has 0 aliphatic carbocycles. The maximum atomic E-state index is 10.8. The van der Waals surface area contributed by atoms with Crippen LogP contribution in [0, 0.1) is 0 Å². The molecule has 0 aliphatic rings. The third-order valence-electron chi connectivity index (χ3n) is 0.760. The maximum absolute atomic E-state index is 10.8. The molecule has 1 atom stereocenters. The maximum Gasteiger partial charge on any atom is 0.212 e. The Morgan fingerprint density at radius 2 is 2.08 bits per heavy atom. The summed E-state index contributed by atoms with van der Waals surface area (Å²) in [6.07, 6.45) is 1.47. The van der Waals surface area contributed by atoms with Gasteiger partial charge in [0.15, 0.2) is 0 Å². The predicted octanol–water partition coefficient (Wildman–Crippen LogP) is 3.71. The fraction of sp³-hybridized carbons (Fsp3) is 0.333.